The van der Waals surface area contributed by atoms with Crippen molar-refractivity contribution in [1.82, 2.24) is 29.5 Å². The Morgan fingerprint density at radius 1 is 1.14 bits per heavy atom. The fourth-order valence-electron chi connectivity index (χ4n) is 3.81. The van der Waals surface area contributed by atoms with Crippen LogP contribution in [0.15, 0.2) is 18.6 Å². The third-order valence-corrected chi connectivity index (χ3v) is 5.33. The first-order valence-electron chi connectivity index (χ1n) is 9.58. The van der Waals surface area contributed by atoms with Gasteiger partial charge in [-0.3, -0.25) is 19.3 Å². The number of morpholine rings is 1. The maximum Gasteiger partial charge on any atom is 0.274 e. The molecule has 148 valence electrons. The van der Waals surface area contributed by atoms with E-state index in [1.54, 1.807) is 11.1 Å². The number of aryl methyl sites for hydroxylation is 2. The van der Waals surface area contributed by atoms with Crippen LogP contribution in [0.4, 0.5) is 0 Å². The van der Waals surface area contributed by atoms with E-state index < -0.39 is 0 Å². The van der Waals surface area contributed by atoms with Crippen molar-refractivity contribution in [3.8, 4) is 0 Å². The van der Waals surface area contributed by atoms with Gasteiger partial charge in [-0.05, 0) is 0 Å². The number of amides is 2. The summed E-state index contributed by atoms with van der Waals surface area (Å²) in [5.74, 6) is 0.00366. The van der Waals surface area contributed by atoms with Crippen molar-refractivity contribution in [1.29, 1.82) is 0 Å². The Balaban J connectivity index is 1.45. The van der Waals surface area contributed by atoms with Gasteiger partial charge in [0.15, 0.2) is 0 Å². The molecule has 2 aliphatic heterocycles. The van der Waals surface area contributed by atoms with E-state index in [0.717, 1.165) is 23.4 Å². The minimum Gasteiger partial charge on any atom is -0.378 e. The smallest absolute Gasteiger partial charge is 0.274 e. The second-order valence-corrected chi connectivity index (χ2v) is 7.06. The molecule has 2 aromatic heterocycles. The predicted octanol–water partition coefficient (Wildman–Crippen LogP) is 0.200. The highest BCUT2D eigenvalue weighted by Crippen LogP contribution is 2.24. The summed E-state index contributed by atoms with van der Waals surface area (Å²) in [6.07, 6.45) is 6.30. The summed E-state index contributed by atoms with van der Waals surface area (Å²) in [5.41, 5.74) is 3.44. The van der Waals surface area contributed by atoms with Gasteiger partial charge in [-0.2, -0.15) is 5.10 Å². The van der Waals surface area contributed by atoms with Crippen LogP contribution in [0.1, 0.15) is 33.9 Å². The van der Waals surface area contributed by atoms with Gasteiger partial charge in [0.2, 0.25) is 5.91 Å². The maximum atomic E-state index is 12.7. The van der Waals surface area contributed by atoms with Gasteiger partial charge in [-0.1, -0.05) is 0 Å². The van der Waals surface area contributed by atoms with Gasteiger partial charge in [-0.15, -0.1) is 0 Å². The number of rotatable bonds is 4. The van der Waals surface area contributed by atoms with Gasteiger partial charge in [0, 0.05) is 76.1 Å². The normalized spacial score (nSPS) is 16.8. The Bertz CT molecular complexity index is 860. The van der Waals surface area contributed by atoms with Crippen molar-refractivity contribution in [2.75, 3.05) is 32.8 Å². The van der Waals surface area contributed by atoms with E-state index in [1.807, 2.05) is 16.6 Å². The molecule has 0 saturated carbocycles. The minimum atomic E-state index is -0.127. The molecule has 0 spiro atoms. The average Bonchev–Trinajstić information content (AvgIpc) is 3.07. The third-order valence-electron chi connectivity index (χ3n) is 5.33. The molecular formula is C19H24N6O3. The lowest BCUT2D eigenvalue weighted by Crippen LogP contribution is -2.40. The van der Waals surface area contributed by atoms with Crippen LogP contribution in [0.25, 0.3) is 0 Å². The molecule has 4 rings (SSSR count). The molecule has 0 aliphatic carbocycles. The van der Waals surface area contributed by atoms with Crippen molar-refractivity contribution in [3.05, 3.63) is 41.2 Å². The van der Waals surface area contributed by atoms with Crippen molar-refractivity contribution >= 4 is 11.8 Å². The summed E-state index contributed by atoms with van der Waals surface area (Å²) in [4.78, 5) is 36.9. The molecule has 0 bridgehead atoms. The lowest BCUT2D eigenvalue weighted by molar-refractivity contribution is -0.135. The van der Waals surface area contributed by atoms with Crippen LogP contribution < -0.4 is 0 Å². The first-order chi connectivity index (χ1) is 13.6. The number of fused-ring (bicyclic) bond motifs is 1. The van der Waals surface area contributed by atoms with Gasteiger partial charge in [-0.25, -0.2) is 4.98 Å². The number of aromatic nitrogens is 4. The maximum absolute atomic E-state index is 12.7. The Morgan fingerprint density at radius 2 is 1.96 bits per heavy atom. The second kappa shape index (κ2) is 8.05. The molecule has 2 aliphatic rings. The first-order valence-corrected chi connectivity index (χ1v) is 9.58. The second-order valence-electron chi connectivity index (χ2n) is 7.06. The summed E-state index contributed by atoms with van der Waals surface area (Å²) in [7, 11) is 1.92. The number of nitrogens with zero attached hydrogens (tertiary/aromatic N) is 6. The standard InChI is InChI=1S/C19H24N6O3/c1-23-17-4-7-25(19(27)16-12-20-5-6-21-16)13-14(17)15(22-23)2-3-18(26)24-8-10-28-11-9-24/h5-6,12H,2-4,7-11,13H2,1H3. The number of hydrogen-bond acceptors (Lipinski definition) is 6. The molecule has 0 radical (unpaired) electrons. The number of hydrogen-bond donors (Lipinski definition) is 0. The van der Waals surface area contributed by atoms with Crippen LogP contribution in [0.5, 0.6) is 0 Å². The van der Waals surface area contributed by atoms with Gasteiger partial charge >= 0.3 is 0 Å². The van der Waals surface area contributed by atoms with Gasteiger partial charge in [0.05, 0.1) is 25.1 Å². The SMILES string of the molecule is Cn1nc(CCC(=O)N2CCOCC2)c2c1CCN(C(=O)c1cnccn1)C2. The van der Waals surface area contributed by atoms with Crippen LogP contribution in [-0.4, -0.2) is 74.2 Å². The van der Waals surface area contributed by atoms with Crippen molar-refractivity contribution in [2.45, 2.75) is 25.8 Å². The average molecular weight is 384 g/mol. The Morgan fingerprint density at radius 3 is 2.71 bits per heavy atom. The molecule has 2 aromatic rings. The van der Waals surface area contributed by atoms with Gasteiger partial charge < -0.3 is 14.5 Å². The molecule has 0 aromatic carbocycles. The van der Waals surface area contributed by atoms with Crippen LogP contribution in [0.3, 0.4) is 0 Å². The minimum absolute atomic E-state index is 0.127. The summed E-state index contributed by atoms with van der Waals surface area (Å²) >= 11 is 0. The molecule has 1 fully saturated rings. The summed E-state index contributed by atoms with van der Waals surface area (Å²) in [5, 5.41) is 4.63. The first kappa shape index (κ1) is 18.5. The molecule has 4 heterocycles. The van der Waals surface area contributed by atoms with E-state index in [2.05, 4.69) is 15.1 Å². The van der Waals surface area contributed by atoms with Crippen molar-refractivity contribution < 1.29 is 14.3 Å². The highest BCUT2D eigenvalue weighted by molar-refractivity contribution is 5.92. The number of carbonyl (C=O) groups excluding carboxylic acids is 2. The molecule has 0 unspecified atom stereocenters. The van der Waals surface area contributed by atoms with Crippen molar-refractivity contribution in [2.24, 2.45) is 7.05 Å². The van der Waals surface area contributed by atoms with Gasteiger partial charge in [0.25, 0.3) is 5.91 Å². The van der Waals surface area contributed by atoms with E-state index in [-0.39, 0.29) is 11.8 Å². The van der Waals surface area contributed by atoms with E-state index >= 15 is 0 Å². The van der Waals surface area contributed by atoms with Crippen LogP contribution >= 0.6 is 0 Å². The fourth-order valence-corrected chi connectivity index (χ4v) is 3.81. The Labute approximate surface area is 163 Å². The summed E-state index contributed by atoms with van der Waals surface area (Å²) < 4.78 is 7.19. The van der Waals surface area contributed by atoms with E-state index in [4.69, 9.17) is 4.74 Å². The molecule has 9 nitrogen and oxygen atoms in total. The predicted molar refractivity (Wildman–Crippen MR) is 99.4 cm³/mol. The lowest BCUT2D eigenvalue weighted by Gasteiger charge is -2.28. The van der Waals surface area contributed by atoms with Crippen LogP contribution in [0, 0.1) is 0 Å². The zero-order chi connectivity index (χ0) is 19.5. The molecule has 1 saturated heterocycles. The Kier molecular flexibility index (Phi) is 5.34. The molecular weight excluding hydrogens is 360 g/mol. The molecule has 28 heavy (non-hydrogen) atoms. The topological polar surface area (TPSA) is 93.5 Å². The molecule has 0 atom stereocenters. The third kappa shape index (κ3) is 3.75. The highest BCUT2D eigenvalue weighted by Gasteiger charge is 2.28. The monoisotopic (exact) mass is 384 g/mol. The van der Waals surface area contributed by atoms with Crippen LogP contribution in [-0.2, 0) is 36.0 Å². The Hall–Kier alpha value is -2.81. The molecule has 2 amide bonds. The molecule has 9 heteroatoms. The van der Waals surface area contributed by atoms with Crippen LogP contribution in [0.2, 0.25) is 0 Å². The van der Waals surface area contributed by atoms with E-state index in [1.165, 1.54) is 12.4 Å². The summed E-state index contributed by atoms with van der Waals surface area (Å²) in [6, 6.07) is 0. The lowest BCUT2D eigenvalue weighted by atomic mass is 10.0. The number of carbonyl (C=O) groups is 2. The quantitative estimate of drug-likeness (QED) is 0.748. The fraction of sp³-hybridized carbons (Fsp3) is 0.526. The summed E-state index contributed by atoms with van der Waals surface area (Å²) in [6.45, 7) is 3.61. The van der Waals surface area contributed by atoms with Crippen molar-refractivity contribution in [3.63, 3.8) is 0 Å². The zero-order valence-corrected chi connectivity index (χ0v) is 16.0. The molecule has 0 N–H and O–H groups in total. The van der Waals surface area contributed by atoms with E-state index in [9.17, 15) is 9.59 Å². The number of ether oxygens (including phenoxy) is 1. The highest BCUT2D eigenvalue weighted by atomic mass is 16.5. The largest absolute Gasteiger partial charge is 0.378 e. The van der Waals surface area contributed by atoms with Gasteiger partial charge in [0.1, 0.15) is 5.69 Å². The van der Waals surface area contributed by atoms with E-state index in [0.29, 0.717) is 57.9 Å². The zero-order valence-electron chi connectivity index (χ0n) is 16.0.